The van der Waals surface area contributed by atoms with Gasteiger partial charge in [-0.15, -0.1) is 0 Å². The van der Waals surface area contributed by atoms with Gasteiger partial charge in [-0.2, -0.15) is 0 Å². The number of methoxy groups -OCH3 is 1. The van der Waals surface area contributed by atoms with Crippen LogP contribution in [-0.2, 0) is 17.7 Å². The lowest BCUT2D eigenvalue weighted by Gasteiger charge is -2.32. The van der Waals surface area contributed by atoms with Crippen molar-refractivity contribution < 1.29 is 18.7 Å². The highest BCUT2D eigenvalue weighted by molar-refractivity contribution is 6.04. The van der Waals surface area contributed by atoms with Crippen LogP contribution in [-0.4, -0.2) is 38.7 Å². The predicted octanol–water partition coefficient (Wildman–Crippen LogP) is 4.80. The molecule has 0 aromatic heterocycles. The highest BCUT2D eigenvalue weighted by Crippen LogP contribution is 2.29. The number of carbonyl (C=O) groups is 2. The van der Waals surface area contributed by atoms with Gasteiger partial charge in [-0.1, -0.05) is 30.3 Å². The number of hydrogen-bond donors (Lipinski definition) is 3. The molecule has 0 fully saturated rings. The summed E-state index contributed by atoms with van der Waals surface area (Å²) in [6, 6.07) is 18.7. The molecule has 1 heterocycles. The maximum absolute atomic E-state index is 13.4. The number of benzene rings is 3. The highest BCUT2D eigenvalue weighted by atomic mass is 19.1. The Morgan fingerprint density at radius 2 is 1.74 bits per heavy atom. The number of amides is 3. The number of rotatable bonds is 8. The number of anilines is 3. The van der Waals surface area contributed by atoms with Crippen LogP contribution in [0.1, 0.15) is 27.9 Å². The second kappa shape index (κ2) is 11.5. The van der Waals surface area contributed by atoms with E-state index < -0.39 is 11.8 Å². The van der Waals surface area contributed by atoms with Gasteiger partial charge in [0.05, 0.1) is 5.56 Å². The lowest BCUT2D eigenvalue weighted by atomic mass is 9.98. The van der Waals surface area contributed by atoms with Gasteiger partial charge in [0, 0.05) is 50.4 Å². The monoisotopic (exact) mass is 476 g/mol. The fraction of sp³-hybridized carbons (Fsp3) is 0.259. The van der Waals surface area contributed by atoms with E-state index in [-0.39, 0.29) is 5.91 Å². The zero-order valence-corrected chi connectivity index (χ0v) is 19.6. The fourth-order valence-corrected chi connectivity index (χ4v) is 4.15. The Kier molecular flexibility index (Phi) is 7.95. The molecule has 7 nitrogen and oxygen atoms in total. The van der Waals surface area contributed by atoms with Crippen molar-refractivity contribution in [2.45, 2.75) is 19.4 Å². The Bertz CT molecular complexity index is 1200. The van der Waals surface area contributed by atoms with Crippen molar-refractivity contribution in [2.75, 3.05) is 42.3 Å². The van der Waals surface area contributed by atoms with Gasteiger partial charge < -0.3 is 25.6 Å². The molecule has 182 valence electrons. The molecule has 3 N–H and O–H groups in total. The Balaban J connectivity index is 1.54. The topological polar surface area (TPSA) is 82.7 Å². The van der Waals surface area contributed by atoms with E-state index in [1.165, 1.54) is 29.3 Å². The van der Waals surface area contributed by atoms with Crippen molar-refractivity contribution >= 4 is 29.0 Å². The van der Waals surface area contributed by atoms with Crippen molar-refractivity contribution in [2.24, 2.45) is 0 Å². The molecule has 0 unspecified atom stereocenters. The van der Waals surface area contributed by atoms with Gasteiger partial charge >= 0.3 is 6.03 Å². The minimum absolute atomic E-state index is 0.218. The lowest BCUT2D eigenvalue weighted by Crippen LogP contribution is -2.33. The van der Waals surface area contributed by atoms with Crippen LogP contribution in [0.5, 0.6) is 0 Å². The Labute approximate surface area is 204 Å². The van der Waals surface area contributed by atoms with E-state index in [0.29, 0.717) is 43.1 Å². The molecule has 4 rings (SSSR count). The minimum atomic E-state index is -0.526. The first kappa shape index (κ1) is 24.2. The van der Waals surface area contributed by atoms with Gasteiger partial charge in [0.15, 0.2) is 0 Å². The zero-order valence-electron chi connectivity index (χ0n) is 19.6. The van der Waals surface area contributed by atoms with E-state index in [9.17, 15) is 14.0 Å². The molecular weight excluding hydrogens is 447 g/mol. The van der Waals surface area contributed by atoms with E-state index in [1.54, 1.807) is 25.3 Å². The molecule has 0 radical (unpaired) electrons. The largest absolute Gasteiger partial charge is 0.385 e. The third kappa shape index (κ3) is 6.36. The van der Waals surface area contributed by atoms with Gasteiger partial charge in [0.1, 0.15) is 5.82 Å². The van der Waals surface area contributed by atoms with Gasteiger partial charge in [-0.3, -0.25) is 4.79 Å². The van der Waals surface area contributed by atoms with E-state index in [2.05, 4.69) is 33.0 Å². The first-order valence-electron chi connectivity index (χ1n) is 11.6. The number of nitrogens with one attached hydrogen (secondary N) is 3. The quantitative estimate of drug-likeness (QED) is 0.408. The summed E-state index contributed by atoms with van der Waals surface area (Å²) < 4.78 is 18.5. The molecule has 8 heteroatoms. The first-order valence-corrected chi connectivity index (χ1v) is 11.6. The second-order valence-corrected chi connectivity index (χ2v) is 8.36. The van der Waals surface area contributed by atoms with Gasteiger partial charge in [-0.05, 0) is 60.4 Å². The Morgan fingerprint density at radius 1 is 0.971 bits per heavy atom. The average Bonchev–Trinajstić information content (AvgIpc) is 2.86. The maximum atomic E-state index is 13.4. The number of ether oxygens (including phenoxy) is 1. The summed E-state index contributed by atoms with van der Waals surface area (Å²) in [5.74, 6) is -0.660. The third-order valence-corrected chi connectivity index (χ3v) is 5.86. The summed E-state index contributed by atoms with van der Waals surface area (Å²) in [4.78, 5) is 27.8. The molecule has 1 aliphatic heterocycles. The summed E-state index contributed by atoms with van der Waals surface area (Å²) in [5.41, 5.74) is 4.64. The molecule has 0 bridgehead atoms. The van der Waals surface area contributed by atoms with Crippen LogP contribution in [0.3, 0.4) is 0 Å². The molecular formula is C27H29FN4O3. The smallest absolute Gasteiger partial charge is 0.323 e. The molecule has 0 aliphatic carbocycles. The van der Waals surface area contributed by atoms with Crippen molar-refractivity contribution in [3.05, 3.63) is 89.2 Å². The van der Waals surface area contributed by atoms with Gasteiger partial charge in [-0.25, -0.2) is 9.18 Å². The third-order valence-electron chi connectivity index (χ3n) is 5.86. The SMILES string of the molecule is COCCCNC(=O)c1cc(NC(=O)Nc2cccc(F)c2)ccc1N1CCc2ccccc2C1. The molecule has 35 heavy (non-hydrogen) atoms. The summed E-state index contributed by atoms with van der Waals surface area (Å²) in [6.07, 6.45) is 1.59. The summed E-state index contributed by atoms with van der Waals surface area (Å²) in [7, 11) is 1.62. The summed E-state index contributed by atoms with van der Waals surface area (Å²) >= 11 is 0. The normalized spacial score (nSPS) is 12.6. The lowest BCUT2D eigenvalue weighted by molar-refractivity contribution is 0.0949. The number of hydrogen-bond acceptors (Lipinski definition) is 4. The van der Waals surface area contributed by atoms with E-state index in [1.807, 2.05) is 18.2 Å². The van der Waals surface area contributed by atoms with Crippen LogP contribution in [0.15, 0.2) is 66.7 Å². The van der Waals surface area contributed by atoms with Crippen LogP contribution in [0.2, 0.25) is 0 Å². The van der Waals surface area contributed by atoms with E-state index in [4.69, 9.17) is 4.74 Å². The van der Waals surface area contributed by atoms with Crippen molar-refractivity contribution in [3.63, 3.8) is 0 Å². The first-order chi connectivity index (χ1) is 17.0. The molecule has 3 aromatic carbocycles. The average molecular weight is 477 g/mol. The predicted molar refractivity (Wildman–Crippen MR) is 136 cm³/mol. The number of fused-ring (bicyclic) bond motifs is 1. The molecule has 1 aliphatic rings. The maximum Gasteiger partial charge on any atom is 0.323 e. The summed E-state index contributed by atoms with van der Waals surface area (Å²) in [6.45, 7) is 2.52. The van der Waals surface area contributed by atoms with Crippen molar-refractivity contribution in [3.8, 4) is 0 Å². The van der Waals surface area contributed by atoms with Crippen molar-refractivity contribution in [1.29, 1.82) is 0 Å². The number of nitrogens with zero attached hydrogens (tertiary/aromatic N) is 1. The fourth-order valence-electron chi connectivity index (χ4n) is 4.15. The minimum Gasteiger partial charge on any atom is -0.385 e. The van der Waals surface area contributed by atoms with E-state index in [0.717, 1.165) is 18.7 Å². The standard InChI is InChI=1S/C27H29FN4O3/c1-35-15-5-13-29-26(33)24-17-23(31-27(34)30-22-9-4-8-21(28)16-22)10-11-25(24)32-14-12-19-6-2-3-7-20(19)18-32/h2-4,6-11,16-17H,5,12-15,18H2,1H3,(H,29,33)(H2,30,31,34). The molecule has 0 saturated heterocycles. The summed E-state index contributed by atoms with van der Waals surface area (Å²) in [5, 5.41) is 8.28. The van der Waals surface area contributed by atoms with Crippen molar-refractivity contribution in [1.82, 2.24) is 5.32 Å². The van der Waals surface area contributed by atoms with Crippen LogP contribution in [0.4, 0.5) is 26.2 Å². The van der Waals surface area contributed by atoms with Crippen LogP contribution in [0.25, 0.3) is 0 Å². The van der Waals surface area contributed by atoms with Crippen LogP contribution >= 0.6 is 0 Å². The van der Waals surface area contributed by atoms with Crippen LogP contribution < -0.4 is 20.9 Å². The second-order valence-electron chi connectivity index (χ2n) is 8.36. The molecule has 0 saturated carbocycles. The molecule has 3 amide bonds. The zero-order chi connectivity index (χ0) is 24.6. The molecule has 0 spiro atoms. The molecule has 0 atom stereocenters. The Morgan fingerprint density at radius 3 is 2.51 bits per heavy atom. The van der Waals surface area contributed by atoms with Gasteiger partial charge in [0.2, 0.25) is 0 Å². The highest BCUT2D eigenvalue weighted by Gasteiger charge is 2.22. The Hall–Kier alpha value is -3.91. The van der Waals surface area contributed by atoms with Gasteiger partial charge in [0.25, 0.3) is 5.91 Å². The number of urea groups is 1. The van der Waals surface area contributed by atoms with Crippen LogP contribution in [0, 0.1) is 5.82 Å². The number of carbonyl (C=O) groups excluding carboxylic acids is 2. The molecule has 3 aromatic rings. The number of halogens is 1. The van der Waals surface area contributed by atoms with E-state index >= 15 is 0 Å².